The van der Waals surface area contributed by atoms with E-state index in [0.29, 0.717) is 29.6 Å². The van der Waals surface area contributed by atoms with Crippen molar-refractivity contribution in [1.29, 1.82) is 0 Å². The van der Waals surface area contributed by atoms with Crippen LogP contribution in [0, 0.1) is 5.92 Å². The van der Waals surface area contributed by atoms with Crippen molar-refractivity contribution in [3.8, 4) is 17.4 Å². The summed E-state index contributed by atoms with van der Waals surface area (Å²) in [7, 11) is 1.57. The van der Waals surface area contributed by atoms with E-state index in [9.17, 15) is 9.59 Å². The molecule has 2 aromatic carbocycles. The lowest BCUT2D eigenvalue weighted by Gasteiger charge is -2.17. The fourth-order valence-corrected chi connectivity index (χ4v) is 3.22. The van der Waals surface area contributed by atoms with Crippen LogP contribution in [0.25, 0.3) is 0 Å². The minimum atomic E-state index is -0.431. The average molecular weight is 404 g/mol. The highest BCUT2D eigenvalue weighted by molar-refractivity contribution is 6.03. The Morgan fingerprint density at radius 2 is 1.97 bits per heavy atom. The molecule has 2 amide bonds. The van der Waals surface area contributed by atoms with Crippen LogP contribution in [0.2, 0.25) is 0 Å². The molecule has 2 heterocycles. The lowest BCUT2D eigenvalue weighted by Crippen LogP contribution is -2.28. The van der Waals surface area contributed by atoms with E-state index in [0.717, 1.165) is 5.69 Å². The van der Waals surface area contributed by atoms with Gasteiger partial charge in [-0.15, -0.1) is 0 Å². The Morgan fingerprint density at radius 1 is 1.13 bits per heavy atom. The third-order valence-electron chi connectivity index (χ3n) is 4.74. The standard InChI is InChI=1S/C22H20N4O4/c1-29-19-4-2-3-17(12-19)26-14-15(11-21(26)27)22(28)25-16-5-7-18(8-6-16)30-20-13-23-9-10-24-20/h2-10,12-13,15H,11,14H2,1H3,(H,25,28). The minimum Gasteiger partial charge on any atom is -0.497 e. The van der Waals surface area contributed by atoms with Crippen LogP contribution < -0.4 is 19.7 Å². The second kappa shape index (κ2) is 8.60. The van der Waals surface area contributed by atoms with Crippen molar-refractivity contribution >= 4 is 23.2 Å². The topological polar surface area (TPSA) is 93.7 Å². The molecule has 1 unspecified atom stereocenters. The van der Waals surface area contributed by atoms with Gasteiger partial charge in [0.05, 0.1) is 19.2 Å². The third kappa shape index (κ3) is 4.38. The van der Waals surface area contributed by atoms with E-state index in [1.165, 1.54) is 6.20 Å². The summed E-state index contributed by atoms with van der Waals surface area (Å²) < 4.78 is 10.8. The Kier molecular flexibility index (Phi) is 5.56. The molecule has 152 valence electrons. The molecular formula is C22H20N4O4. The van der Waals surface area contributed by atoms with E-state index < -0.39 is 5.92 Å². The molecule has 0 saturated carbocycles. The number of aromatic nitrogens is 2. The van der Waals surface area contributed by atoms with Gasteiger partial charge in [0.25, 0.3) is 0 Å². The molecule has 1 atom stereocenters. The molecule has 1 saturated heterocycles. The van der Waals surface area contributed by atoms with Crippen molar-refractivity contribution in [2.45, 2.75) is 6.42 Å². The monoisotopic (exact) mass is 404 g/mol. The molecular weight excluding hydrogens is 384 g/mol. The highest BCUT2D eigenvalue weighted by atomic mass is 16.5. The van der Waals surface area contributed by atoms with Crippen LogP contribution >= 0.6 is 0 Å². The van der Waals surface area contributed by atoms with Gasteiger partial charge in [0.15, 0.2) is 0 Å². The van der Waals surface area contributed by atoms with E-state index in [1.54, 1.807) is 54.7 Å². The number of hydrogen-bond acceptors (Lipinski definition) is 6. The molecule has 1 fully saturated rings. The second-order valence-electron chi connectivity index (χ2n) is 6.77. The molecule has 0 bridgehead atoms. The van der Waals surface area contributed by atoms with Gasteiger partial charge in [0.2, 0.25) is 17.7 Å². The van der Waals surface area contributed by atoms with Crippen LogP contribution in [0.15, 0.2) is 67.1 Å². The maximum absolute atomic E-state index is 12.7. The summed E-state index contributed by atoms with van der Waals surface area (Å²) >= 11 is 0. The lowest BCUT2D eigenvalue weighted by atomic mass is 10.1. The van der Waals surface area contributed by atoms with E-state index in [4.69, 9.17) is 9.47 Å². The van der Waals surface area contributed by atoms with Gasteiger partial charge in [0.1, 0.15) is 11.5 Å². The van der Waals surface area contributed by atoms with Crippen molar-refractivity contribution in [2.75, 3.05) is 23.9 Å². The maximum Gasteiger partial charge on any atom is 0.237 e. The summed E-state index contributed by atoms with van der Waals surface area (Å²) in [5.41, 5.74) is 1.35. The Bertz CT molecular complexity index is 1040. The molecule has 3 aromatic rings. The summed E-state index contributed by atoms with van der Waals surface area (Å²) in [5.74, 6) is 0.911. The second-order valence-corrected chi connectivity index (χ2v) is 6.77. The Morgan fingerprint density at radius 3 is 2.70 bits per heavy atom. The van der Waals surface area contributed by atoms with Crippen LogP contribution in [0.5, 0.6) is 17.4 Å². The molecule has 0 aliphatic carbocycles. The number of rotatable bonds is 6. The van der Waals surface area contributed by atoms with Gasteiger partial charge >= 0.3 is 0 Å². The highest BCUT2D eigenvalue weighted by Gasteiger charge is 2.35. The Balaban J connectivity index is 1.37. The first-order chi connectivity index (χ1) is 14.6. The molecule has 30 heavy (non-hydrogen) atoms. The summed E-state index contributed by atoms with van der Waals surface area (Å²) in [6.07, 6.45) is 4.79. The summed E-state index contributed by atoms with van der Waals surface area (Å²) in [5, 5.41) is 2.86. The predicted octanol–water partition coefficient (Wildman–Crippen LogP) is 3.27. The van der Waals surface area contributed by atoms with Gasteiger partial charge < -0.3 is 19.7 Å². The predicted molar refractivity (Wildman–Crippen MR) is 111 cm³/mol. The zero-order valence-corrected chi connectivity index (χ0v) is 16.3. The summed E-state index contributed by atoms with van der Waals surface area (Å²) in [6, 6.07) is 14.2. The Labute approximate surface area is 173 Å². The quantitative estimate of drug-likeness (QED) is 0.678. The van der Waals surface area contributed by atoms with E-state index in [2.05, 4.69) is 15.3 Å². The highest BCUT2D eigenvalue weighted by Crippen LogP contribution is 2.29. The third-order valence-corrected chi connectivity index (χ3v) is 4.74. The van der Waals surface area contributed by atoms with Crippen LogP contribution in [-0.4, -0.2) is 35.4 Å². The lowest BCUT2D eigenvalue weighted by molar-refractivity contribution is -0.122. The smallest absolute Gasteiger partial charge is 0.237 e. The molecule has 1 aromatic heterocycles. The van der Waals surface area contributed by atoms with E-state index in [-0.39, 0.29) is 18.2 Å². The number of hydrogen-bond donors (Lipinski definition) is 1. The molecule has 4 rings (SSSR count). The first-order valence-corrected chi connectivity index (χ1v) is 9.41. The maximum atomic E-state index is 12.7. The fraction of sp³-hybridized carbons (Fsp3) is 0.182. The van der Waals surface area contributed by atoms with Gasteiger partial charge in [-0.2, -0.15) is 0 Å². The van der Waals surface area contributed by atoms with Crippen molar-refractivity contribution in [3.63, 3.8) is 0 Å². The first kappa shape index (κ1) is 19.4. The number of nitrogens with one attached hydrogen (secondary N) is 1. The van der Waals surface area contributed by atoms with Crippen LogP contribution in [-0.2, 0) is 9.59 Å². The number of methoxy groups -OCH3 is 1. The largest absolute Gasteiger partial charge is 0.497 e. The van der Waals surface area contributed by atoms with Gasteiger partial charge in [-0.3, -0.25) is 14.6 Å². The van der Waals surface area contributed by atoms with Crippen LogP contribution in [0.3, 0.4) is 0 Å². The van der Waals surface area contributed by atoms with Crippen molar-refractivity contribution in [2.24, 2.45) is 5.92 Å². The zero-order valence-electron chi connectivity index (χ0n) is 16.3. The van der Waals surface area contributed by atoms with Crippen molar-refractivity contribution in [3.05, 3.63) is 67.1 Å². The van der Waals surface area contributed by atoms with Gasteiger partial charge in [-0.25, -0.2) is 4.98 Å². The van der Waals surface area contributed by atoms with Gasteiger partial charge in [0, 0.05) is 42.8 Å². The van der Waals surface area contributed by atoms with E-state index >= 15 is 0 Å². The molecule has 8 heteroatoms. The number of anilines is 2. The number of carbonyl (C=O) groups excluding carboxylic acids is 2. The normalized spacial score (nSPS) is 15.7. The van der Waals surface area contributed by atoms with Crippen LogP contribution in [0.4, 0.5) is 11.4 Å². The molecule has 0 radical (unpaired) electrons. The Hall–Kier alpha value is -3.94. The molecule has 8 nitrogen and oxygen atoms in total. The SMILES string of the molecule is COc1cccc(N2CC(C(=O)Nc3ccc(Oc4cnccn4)cc3)CC2=O)c1. The number of benzene rings is 2. The molecule has 1 aliphatic rings. The van der Waals surface area contributed by atoms with Gasteiger partial charge in [-0.1, -0.05) is 6.07 Å². The molecule has 1 N–H and O–H groups in total. The number of nitrogens with zero attached hydrogens (tertiary/aromatic N) is 3. The van der Waals surface area contributed by atoms with Crippen LogP contribution in [0.1, 0.15) is 6.42 Å². The average Bonchev–Trinajstić information content (AvgIpc) is 3.18. The number of amides is 2. The van der Waals surface area contributed by atoms with E-state index in [1.807, 2.05) is 18.2 Å². The number of carbonyl (C=O) groups is 2. The molecule has 1 aliphatic heterocycles. The zero-order chi connectivity index (χ0) is 20.9. The molecule has 0 spiro atoms. The summed E-state index contributed by atoms with van der Waals surface area (Å²) in [6.45, 7) is 0.325. The summed E-state index contributed by atoms with van der Waals surface area (Å²) in [4.78, 5) is 34.7. The van der Waals surface area contributed by atoms with Gasteiger partial charge in [-0.05, 0) is 36.4 Å². The van der Waals surface area contributed by atoms with Crippen molar-refractivity contribution in [1.82, 2.24) is 9.97 Å². The number of ether oxygens (including phenoxy) is 2. The minimum absolute atomic E-state index is 0.0869. The van der Waals surface area contributed by atoms with Crippen molar-refractivity contribution < 1.29 is 19.1 Å². The first-order valence-electron chi connectivity index (χ1n) is 9.41. The fourth-order valence-electron chi connectivity index (χ4n) is 3.22.